The van der Waals surface area contributed by atoms with Gasteiger partial charge in [0.1, 0.15) is 0 Å². The quantitative estimate of drug-likeness (QED) is 0.527. The highest BCUT2D eigenvalue weighted by molar-refractivity contribution is 5.33. The Morgan fingerprint density at radius 1 is 1.00 bits per heavy atom. The molecule has 1 aliphatic heterocycles. The van der Waals surface area contributed by atoms with Gasteiger partial charge in [0.05, 0.1) is 24.3 Å². The first-order valence-electron chi connectivity index (χ1n) is 9.45. The molecule has 1 aromatic rings. The molecule has 2 atom stereocenters. The number of hydrogen-bond donors (Lipinski definition) is 0. The van der Waals surface area contributed by atoms with Crippen LogP contribution in [0.3, 0.4) is 0 Å². The first-order chi connectivity index (χ1) is 11.3. The molecule has 1 aromatic carbocycles. The fraction of sp³-hybridized carbons (Fsp3) is 0.667. The minimum Gasteiger partial charge on any atom is -0.378 e. The lowest BCUT2D eigenvalue weighted by Gasteiger charge is -2.29. The Morgan fingerprint density at radius 3 is 2.30 bits per heavy atom. The molecule has 0 aliphatic carbocycles. The lowest BCUT2D eigenvalue weighted by atomic mass is 9.89. The average Bonchev–Trinajstić information content (AvgIpc) is 2.61. The molecular formula is C21H31NO. The Hall–Kier alpha value is -1.33. The van der Waals surface area contributed by atoms with Gasteiger partial charge in [-0.15, -0.1) is 0 Å². The summed E-state index contributed by atoms with van der Waals surface area (Å²) in [5.74, 6) is 0.507. The van der Waals surface area contributed by atoms with Gasteiger partial charge in [-0.25, -0.2) is 0 Å². The largest absolute Gasteiger partial charge is 0.378 e. The molecule has 2 heteroatoms. The van der Waals surface area contributed by atoms with Crippen molar-refractivity contribution < 1.29 is 4.74 Å². The summed E-state index contributed by atoms with van der Waals surface area (Å²) in [5.41, 5.74) is 2.06. The van der Waals surface area contributed by atoms with Crippen molar-refractivity contribution in [3.63, 3.8) is 0 Å². The highest BCUT2D eigenvalue weighted by atomic mass is 16.5. The van der Waals surface area contributed by atoms with E-state index in [1.54, 1.807) is 0 Å². The summed E-state index contributed by atoms with van der Waals surface area (Å²) in [6.45, 7) is 3.11. The van der Waals surface area contributed by atoms with E-state index in [1.165, 1.54) is 69.8 Å². The lowest BCUT2D eigenvalue weighted by Crippen LogP contribution is -2.24. The molecule has 0 bridgehead atoms. The summed E-state index contributed by atoms with van der Waals surface area (Å²) in [7, 11) is 0. The van der Waals surface area contributed by atoms with E-state index in [2.05, 4.69) is 25.1 Å². The van der Waals surface area contributed by atoms with Gasteiger partial charge in [-0.2, -0.15) is 5.26 Å². The smallest absolute Gasteiger partial charge is 0.0991 e. The molecule has 2 rings (SSSR count). The van der Waals surface area contributed by atoms with Crippen LogP contribution >= 0.6 is 0 Å². The van der Waals surface area contributed by atoms with Crippen LogP contribution in [0.5, 0.6) is 0 Å². The van der Waals surface area contributed by atoms with Crippen molar-refractivity contribution in [3.05, 3.63) is 35.4 Å². The van der Waals surface area contributed by atoms with Gasteiger partial charge in [0, 0.05) is 5.92 Å². The van der Waals surface area contributed by atoms with Crippen LogP contribution in [0.25, 0.3) is 0 Å². The van der Waals surface area contributed by atoms with E-state index in [9.17, 15) is 0 Å². The molecule has 2 nitrogen and oxygen atoms in total. The van der Waals surface area contributed by atoms with Gasteiger partial charge < -0.3 is 4.74 Å². The van der Waals surface area contributed by atoms with Gasteiger partial charge in [-0.3, -0.25) is 0 Å². The van der Waals surface area contributed by atoms with Gasteiger partial charge in [0.2, 0.25) is 0 Å². The third-order valence-corrected chi connectivity index (χ3v) is 5.01. The van der Waals surface area contributed by atoms with E-state index in [0.29, 0.717) is 12.0 Å². The fourth-order valence-corrected chi connectivity index (χ4v) is 3.46. The van der Waals surface area contributed by atoms with Crippen molar-refractivity contribution in [2.45, 2.75) is 83.2 Å². The van der Waals surface area contributed by atoms with Gasteiger partial charge in [0.25, 0.3) is 0 Å². The van der Waals surface area contributed by atoms with Crippen molar-refractivity contribution >= 4 is 0 Å². The second-order valence-corrected chi connectivity index (χ2v) is 6.87. The number of benzene rings is 1. The molecule has 1 heterocycles. The van der Waals surface area contributed by atoms with Crippen molar-refractivity contribution in [2.24, 2.45) is 0 Å². The van der Waals surface area contributed by atoms with E-state index in [1.807, 2.05) is 12.1 Å². The summed E-state index contributed by atoms with van der Waals surface area (Å²) < 4.78 is 6.08. The average molecular weight is 313 g/mol. The highest BCUT2D eigenvalue weighted by Crippen LogP contribution is 2.30. The molecule has 0 N–H and O–H groups in total. The van der Waals surface area contributed by atoms with Crippen LogP contribution in [0.1, 0.15) is 88.2 Å². The van der Waals surface area contributed by atoms with Gasteiger partial charge >= 0.3 is 0 Å². The molecule has 126 valence electrons. The lowest BCUT2D eigenvalue weighted by molar-refractivity contribution is -0.00214. The van der Waals surface area contributed by atoms with Crippen LogP contribution in [-0.4, -0.2) is 12.7 Å². The van der Waals surface area contributed by atoms with Crippen LogP contribution < -0.4 is 0 Å². The predicted molar refractivity (Wildman–Crippen MR) is 95.5 cm³/mol. The standard InChI is InChI=1S/C21H31NO/c1-2-3-4-5-6-7-8-9-21-15-14-20(17-23-21)19-12-10-18(16-22)11-13-19/h10-13,20-21H,2-9,14-15,17H2,1H3. The van der Waals surface area contributed by atoms with E-state index >= 15 is 0 Å². The normalized spacial score (nSPS) is 21.0. The molecule has 0 aromatic heterocycles. The topological polar surface area (TPSA) is 33.0 Å². The van der Waals surface area contributed by atoms with Crippen molar-refractivity contribution in [1.82, 2.24) is 0 Å². The van der Waals surface area contributed by atoms with E-state index < -0.39 is 0 Å². The number of nitrogens with zero attached hydrogens (tertiary/aromatic N) is 1. The molecular weight excluding hydrogens is 282 g/mol. The summed E-state index contributed by atoms with van der Waals surface area (Å²) in [4.78, 5) is 0. The second-order valence-electron chi connectivity index (χ2n) is 6.87. The summed E-state index contributed by atoms with van der Waals surface area (Å²) in [6, 6.07) is 10.2. The van der Waals surface area contributed by atoms with E-state index in [-0.39, 0.29) is 0 Å². The van der Waals surface area contributed by atoms with E-state index in [4.69, 9.17) is 10.00 Å². The Bertz CT molecular complexity index is 466. The second kappa shape index (κ2) is 10.4. The van der Waals surface area contributed by atoms with Crippen LogP contribution in [0.15, 0.2) is 24.3 Å². The third kappa shape index (κ3) is 6.36. The molecule has 1 fully saturated rings. The maximum Gasteiger partial charge on any atom is 0.0991 e. The van der Waals surface area contributed by atoms with Gasteiger partial charge in [-0.05, 0) is 37.0 Å². The van der Waals surface area contributed by atoms with Crippen LogP contribution in [0.2, 0.25) is 0 Å². The maximum absolute atomic E-state index is 8.86. The Morgan fingerprint density at radius 2 is 1.70 bits per heavy atom. The zero-order valence-corrected chi connectivity index (χ0v) is 14.6. The number of unbranched alkanes of at least 4 members (excludes halogenated alkanes) is 6. The molecule has 1 aliphatic rings. The number of hydrogen-bond acceptors (Lipinski definition) is 2. The molecule has 1 saturated heterocycles. The van der Waals surface area contributed by atoms with Crippen LogP contribution in [0.4, 0.5) is 0 Å². The Labute approximate surface area is 141 Å². The number of ether oxygens (including phenoxy) is 1. The highest BCUT2D eigenvalue weighted by Gasteiger charge is 2.22. The van der Waals surface area contributed by atoms with E-state index in [0.717, 1.165) is 12.2 Å². The molecule has 23 heavy (non-hydrogen) atoms. The molecule has 0 spiro atoms. The molecule has 0 saturated carbocycles. The predicted octanol–water partition coefficient (Wildman–Crippen LogP) is 5.96. The summed E-state index contributed by atoms with van der Waals surface area (Å²) >= 11 is 0. The summed E-state index contributed by atoms with van der Waals surface area (Å²) in [5, 5.41) is 8.86. The summed E-state index contributed by atoms with van der Waals surface area (Å²) in [6.07, 6.45) is 13.7. The molecule has 0 radical (unpaired) electrons. The SMILES string of the molecule is CCCCCCCCCC1CCC(c2ccc(C#N)cc2)CO1. The Kier molecular flexibility index (Phi) is 8.18. The van der Waals surface area contributed by atoms with Crippen molar-refractivity contribution in [1.29, 1.82) is 5.26 Å². The van der Waals surface area contributed by atoms with Crippen LogP contribution in [-0.2, 0) is 4.74 Å². The fourth-order valence-electron chi connectivity index (χ4n) is 3.46. The minimum absolute atomic E-state index is 0.472. The number of rotatable bonds is 9. The molecule has 2 unspecified atom stereocenters. The third-order valence-electron chi connectivity index (χ3n) is 5.01. The first kappa shape index (κ1) is 18.0. The minimum atomic E-state index is 0.472. The molecule has 0 amide bonds. The first-order valence-corrected chi connectivity index (χ1v) is 9.45. The number of nitriles is 1. The monoisotopic (exact) mass is 313 g/mol. The zero-order chi connectivity index (χ0) is 16.3. The van der Waals surface area contributed by atoms with Crippen molar-refractivity contribution in [2.75, 3.05) is 6.61 Å². The van der Waals surface area contributed by atoms with Crippen LogP contribution in [0, 0.1) is 11.3 Å². The zero-order valence-electron chi connectivity index (χ0n) is 14.6. The Balaban J connectivity index is 1.59. The van der Waals surface area contributed by atoms with Crippen molar-refractivity contribution in [3.8, 4) is 6.07 Å². The van der Waals surface area contributed by atoms with Gasteiger partial charge in [-0.1, -0.05) is 64.0 Å². The maximum atomic E-state index is 8.86. The van der Waals surface area contributed by atoms with Gasteiger partial charge in [0.15, 0.2) is 0 Å².